The van der Waals surface area contributed by atoms with E-state index in [4.69, 9.17) is 0 Å². The zero-order valence-electron chi connectivity index (χ0n) is 16.9. The molecule has 1 aromatic rings. The lowest BCUT2D eigenvalue weighted by atomic mass is 9.99. The molecule has 0 spiro atoms. The molecule has 148 valence electrons. The summed E-state index contributed by atoms with van der Waals surface area (Å²) in [7, 11) is 0.444. The van der Waals surface area contributed by atoms with Gasteiger partial charge in [0.05, 0.1) is 0 Å². The number of para-hydroxylation sites is 1. The largest absolute Gasteiger partial charge is 0.363 e. The molecule has 1 aromatic carbocycles. The maximum atomic E-state index is 2.92. The topological polar surface area (TPSA) is 3.24 Å². The van der Waals surface area contributed by atoms with Crippen LogP contribution in [0.2, 0.25) is 0 Å². The van der Waals surface area contributed by atoms with E-state index in [9.17, 15) is 0 Å². The quantitative estimate of drug-likeness (QED) is 0.460. The summed E-state index contributed by atoms with van der Waals surface area (Å²) in [5, 5.41) is 0. The molecule has 3 heteroatoms. The molecule has 1 nitrogen and oxygen atoms in total. The van der Waals surface area contributed by atoms with Crippen molar-refractivity contribution in [1.82, 2.24) is 0 Å². The van der Waals surface area contributed by atoms with Crippen LogP contribution in [0.3, 0.4) is 0 Å². The predicted molar refractivity (Wildman–Crippen MR) is 123 cm³/mol. The van der Waals surface area contributed by atoms with E-state index < -0.39 is 0 Å². The molecular formula is C24H37NP2. The van der Waals surface area contributed by atoms with E-state index in [2.05, 4.69) is 35.2 Å². The zero-order chi connectivity index (χ0) is 18.1. The van der Waals surface area contributed by atoms with Crippen molar-refractivity contribution in [3.63, 3.8) is 0 Å². The summed E-state index contributed by atoms with van der Waals surface area (Å²) < 4.78 is 0. The summed E-state index contributed by atoms with van der Waals surface area (Å²) in [4.78, 5) is 2.92. The number of hydrogen-bond acceptors (Lipinski definition) is 1. The van der Waals surface area contributed by atoms with Crippen LogP contribution in [-0.2, 0) is 0 Å². The Hall–Kier alpha value is -0.120. The number of rotatable bonds is 5. The Balaban J connectivity index is 1.37. The van der Waals surface area contributed by atoms with Crippen LogP contribution in [0.1, 0.15) is 77.0 Å². The highest BCUT2D eigenvalue weighted by atomic mass is 31.1. The van der Waals surface area contributed by atoms with Gasteiger partial charge in [0.15, 0.2) is 0 Å². The highest BCUT2D eigenvalue weighted by molar-refractivity contribution is 7.60. The van der Waals surface area contributed by atoms with E-state index in [-0.39, 0.29) is 15.8 Å². The highest BCUT2D eigenvalue weighted by Gasteiger charge is 2.39. The maximum absolute atomic E-state index is 2.92. The summed E-state index contributed by atoms with van der Waals surface area (Å²) >= 11 is 0. The van der Waals surface area contributed by atoms with Crippen LogP contribution in [0.25, 0.3) is 0 Å². The first-order valence-electron chi connectivity index (χ1n) is 11.7. The molecule has 4 heterocycles. The Morgan fingerprint density at radius 2 is 0.963 bits per heavy atom. The first-order chi connectivity index (χ1) is 13.4. The van der Waals surface area contributed by atoms with Gasteiger partial charge in [0.25, 0.3) is 0 Å². The minimum absolute atomic E-state index is 0.222. The molecule has 4 saturated heterocycles. The van der Waals surface area contributed by atoms with Gasteiger partial charge in [-0.2, -0.15) is 0 Å². The van der Waals surface area contributed by atoms with Crippen molar-refractivity contribution in [3.05, 3.63) is 30.3 Å². The Labute approximate surface area is 169 Å². The second-order valence-electron chi connectivity index (χ2n) is 9.53. The lowest BCUT2D eigenvalue weighted by molar-refractivity contribution is 0.472. The average molecular weight is 402 g/mol. The molecule has 27 heavy (non-hydrogen) atoms. The van der Waals surface area contributed by atoms with Crippen LogP contribution in [-0.4, -0.2) is 35.2 Å². The van der Waals surface area contributed by atoms with Crippen molar-refractivity contribution >= 4 is 21.5 Å². The van der Waals surface area contributed by atoms with Crippen molar-refractivity contribution < 1.29 is 0 Å². The Morgan fingerprint density at radius 1 is 0.593 bits per heavy atom. The lowest BCUT2D eigenvalue weighted by Gasteiger charge is -2.49. The molecule has 5 rings (SSSR count). The van der Waals surface area contributed by atoms with Crippen molar-refractivity contribution in [2.75, 3.05) is 17.5 Å². The van der Waals surface area contributed by atoms with E-state index >= 15 is 0 Å². The van der Waals surface area contributed by atoms with Crippen LogP contribution in [0.5, 0.6) is 0 Å². The molecule has 0 aliphatic carbocycles. The van der Waals surface area contributed by atoms with Crippen LogP contribution in [0.15, 0.2) is 30.3 Å². The van der Waals surface area contributed by atoms with Crippen LogP contribution in [0.4, 0.5) is 5.69 Å². The molecule has 0 N–H and O–H groups in total. The summed E-state index contributed by atoms with van der Waals surface area (Å²) in [6, 6.07) is 11.6. The molecule has 4 aliphatic heterocycles. The van der Waals surface area contributed by atoms with Gasteiger partial charge in [-0.3, -0.25) is 0 Å². The van der Waals surface area contributed by atoms with E-state index in [0.29, 0.717) is 0 Å². The molecule has 0 saturated carbocycles. The van der Waals surface area contributed by atoms with E-state index in [1.165, 1.54) is 43.9 Å². The van der Waals surface area contributed by atoms with Crippen molar-refractivity contribution in [2.24, 2.45) is 0 Å². The molecule has 0 radical (unpaired) electrons. The minimum atomic E-state index is 0.222. The smallest absolute Gasteiger partial charge is 0.0385 e. The van der Waals surface area contributed by atoms with Gasteiger partial charge in [-0.15, -0.1) is 0 Å². The Bertz CT molecular complexity index is 528. The first-order valence-corrected chi connectivity index (χ1v) is 15.0. The summed E-state index contributed by atoms with van der Waals surface area (Å²) in [6.45, 7) is 0. The second-order valence-corrected chi connectivity index (χ2v) is 15.1. The second kappa shape index (κ2) is 8.71. The number of hydrogen-bond donors (Lipinski definition) is 0. The number of benzene rings is 1. The molecule has 0 amide bonds. The van der Waals surface area contributed by atoms with E-state index in [1.807, 2.05) is 0 Å². The molecular weight excluding hydrogens is 364 g/mol. The number of fused-ring (bicyclic) bond motifs is 4. The van der Waals surface area contributed by atoms with Gasteiger partial charge in [-0.1, -0.05) is 59.7 Å². The molecule has 0 atom stereocenters. The van der Waals surface area contributed by atoms with Gasteiger partial charge in [0.1, 0.15) is 0 Å². The van der Waals surface area contributed by atoms with E-state index in [0.717, 1.165) is 22.6 Å². The van der Waals surface area contributed by atoms with E-state index in [1.54, 1.807) is 51.4 Å². The molecule has 4 aliphatic rings. The summed E-state index contributed by atoms with van der Waals surface area (Å²) in [5.74, 6) is 0. The van der Waals surface area contributed by atoms with Crippen molar-refractivity contribution in [3.8, 4) is 0 Å². The number of nitrogens with zero attached hydrogens (tertiary/aromatic N) is 1. The monoisotopic (exact) mass is 401 g/mol. The Morgan fingerprint density at radius 3 is 1.33 bits per heavy atom. The fraction of sp³-hybridized carbons (Fsp3) is 0.750. The lowest BCUT2D eigenvalue weighted by Crippen LogP contribution is -2.37. The van der Waals surface area contributed by atoms with Crippen molar-refractivity contribution in [1.29, 1.82) is 0 Å². The van der Waals surface area contributed by atoms with Gasteiger partial charge in [-0.05, 0) is 86.1 Å². The highest BCUT2D eigenvalue weighted by Crippen LogP contribution is 2.63. The standard InChI is InChI=1S/C24H37NP2/c1-2-8-20(9-3-1)25(18-26-21-10-4-11-22(26)13-5-12-21)19-27-23-14-6-15-24(27)17-7-16-23/h1-3,8-9,21-24H,4-7,10-19H2. The minimum Gasteiger partial charge on any atom is -0.363 e. The molecule has 0 aromatic heterocycles. The molecule has 4 bridgehead atoms. The summed E-state index contributed by atoms with van der Waals surface area (Å²) in [5.41, 5.74) is 5.92. The fourth-order valence-electron chi connectivity index (χ4n) is 6.56. The first kappa shape index (κ1) is 18.9. The van der Waals surface area contributed by atoms with Crippen LogP contribution in [0, 0.1) is 0 Å². The van der Waals surface area contributed by atoms with Gasteiger partial charge >= 0.3 is 0 Å². The maximum Gasteiger partial charge on any atom is 0.0385 e. The van der Waals surface area contributed by atoms with Crippen molar-refractivity contribution in [2.45, 2.75) is 99.7 Å². The molecule has 4 fully saturated rings. The average Bonchev–Trinajstić information content (AvgIpc) is 2.68. The third-order valence-electron chi connectivity index (χ3n) is 7.96. The zero-order valence-corrected chi connectivity index (χ0v) is 18.7. The number of anilines is 1. The third-order valence-corrected chi connectivity index (χ3v) is 15.1. The normalized spacial score (nSPS) is 38.4. The third kappa shape index (κ3) is 4.12. The Kier molecular flexibility index (Phi) is 6.09. The fourth-order valence-corrected chi connectivity index (χ4v) is 14.3. The van der Waals surface area contributed by atoms with Gasteiger partial charge < -0.3 is 4.90 Å². The SMILES string of the molecule is c1ccc(N(CP2C3CCCC2CCC3)CP2C3CCCC2CCC3)cc1. The predicted octanol–water partition coefficient (Wildman–Crippen LogP) is 7.58. The van der Waals surface area contributed by atoms with Crippen LogP contribution < -0.4 is 4.90 Å². The summed E-state index contributed by atoms with van der Waals surface area (Å²) in [6.07, 6.45) is 21.3. The molecule has 0 unspecified atom stereocenters. The van der Waals surface area contributed by atoms with Gasteiger partial charge in [-0.25, -0.2) is 0 Å². The van der Waals surface area contributed by atoms with Crippen LogP contribution >= 0.6 is 15.8 Å². The van der Waals surface area contributed by atoms with Gasteiger partial charge in [0.2, 0.25) is 0 Å². The van der Waals surface area contributed by atoms with Gasteiger partial charge in [0, 0.05) is 18.3 Å².